The monoisotopic (exact) mass is 356 g/mol. The third-order valence-electron chi connectivity index (χ3n) is 3.51. The molecule has 0 aliphatic carbocycles. The number of nitrogens with zero attached hydrogens (tertiary/aromatic N) is 3. The number of benzene rings is 2. The van der Waals surface area contributed by atoms with Gasteiger partial charge in [-0.3, -0.25) is 0 Å². The van der Waals surface area contributed by atoms with E-state index in [0.717, 1.165) is 5.56 Å². The van der Waals surface area contributed by atoms with E-state index in [-0.39, 0.29) is 5.75 Å². The molecule has 7 nitrogen and oxygen atoms in total. The van der Waals surface area contributed by atoms with Crippen molar-refractivity contribution in [1.29, 1.82) is 0 Å². The molecule has 0 saturated heterocycles. The normalized spacial score (nSPS) is 11.0. The fraction of sp³-hybridized carbons (Fsp3) is 0.118. The molecule has 2 aromatic carbocycles. The van der Waals surface area contributed by atoms with Gasteiger partial charge in [-0.1, -0.05) is 30.3 Å². The largest absolute Gasteiger partial charge is 0.502 e. The van der Waals surface area contributed by atoms with Crippen LogP contribution in [0.2, 0.25) is 0 Å². The Morgan fingerprint density at radius 2 is 1.80 bits per heavy atom. The summed E-state index contributed by atoms with van der Waals surface area (Å²) in [7, 11) is 2.93. The molecule has 1 aromatic heterocycles. The van der Waals surface area contributed by atoms with Crippen molar-refractivity contribution < 1.29 is 14.6 Å². The van der Waals surface area contributed by atoms with Crippen LogP contribution in [0, 0.1) is 4.77 Å². The van der Waals surface area contributed by atoms with Crippen molar-refractivity contribution in [3.8, 4) is 28.6 Å². The van der Waals surface area contributed by atoms with E-state index in [2.05, 4.69) is 15.3 Å². The van der Waals surface area contributed by atoms with Gasteiger partial charge in [-0.05, 0) is 24.4 Å². The van der Waals surface area contributed by atoms with E-state index in [1.807, 2.05) is 30.3 Å². The van der Waals surface area contributed by atoms with Gasteiger partial charge in [-0.25, -0.2) is 5.10 Å². The number of H-pyrrole nitrogens is 1. The molecule has 0 aliphatic rings. The number of phenolic OH excluding ortho intramolecular Hbond substituents is 1. The lowest BCUT2D eigenvalue weighted by Crippen LogP contribution is -1.96. The first kappa shape index (κ1) is 16.7. The van der Waals surface area contributed by atoms with Crippen LogP contribution in [0.15, 0.2) is 47.6 Å². The number of phenols is 1. The summed E-state index contributed by atoms with van der Waals surface area (Å²) in [5.41, 5.74) is 1.56. The number of methoxy groups -OCH3 is 2. The van der Waals surface area contributed by atoms with E-state index < -0.39 is 0 Å². The molecule has 0 bridgehead atoms. The molecule has 8 heteroatoms. The zero-order valence-corrected chi connectivity index (χ0v) is 14.4. The highest BCUT2D eigenvalue weighted by molar-refractivity contribution is 7.71. The van der Waals surface area contributed by atoms with Gasteiger partial charge in [-0.15, -0.1) is 0 Å². The van der Waals surface area contributed by atoms with Crippen LogP contribution in [-0.4, -0.2) is 40.4 Å². The zero-order valence-electron chi connectivity index (χ0n) is 13.6. The number of hydrogen-bond acceptors (Lipinski definition) is 6. The van der Waals surface area contributed by atoms with Crippen molar-refractivity contribution in [3.63, 3.8) is 0 Å². The summed E-state index contributed by atoms with van der Waals surface area (Å²) in [5.74, 6) is 1.12. The summed E-state index contributed by atoms with van der Waals surface area (Å²) in [6.45, 7) is 0. The van der Waals surface area contributed by atoms with Gasteiger partial charge in [0, 0.05) is 11.1 Å². The molecule has 25 heavy (non-hydrogen) atoms. The lowest BCUT2D eigenvalue weighted by molar-refractivity contribution is 0.340. The van der Waals surface area contributed by atoms with Gasteiger partial charge in [-0.2, -0.15) is 14.9 Å². The molecular weight excluding hydrogens is 340 g/mol. The second-order valence-corrected chi connectivity index (χ2v) is 5.44. The number of aromatic hydroxyl groups is 1. The van der Waals surface area contributed by atoms with Crippen LogP contribution < -0.4 is 9.47 Å². The van der Waals surface area contributed by atoms with Crippen molar-refractivity contribution in [2.75, 3.05) is 14.2 Å². The lowest BCUT2D eigenvalue weighted by Gasteiger charge is -2.09. The van der Waals surface area contributed by atoms with E-state index in [1.54, 1.807) is 18.3 Å². The average molecular weight is 356 g/mol. The van der Waals surface area contributed by atoms with Crippen LogP contribution in [-0.2, 0) is 0 Å². The number of hydrogen-bond donors (Lipinski definition) is 2. The van der Waals surface area contributed by atoms with Crippen molar-refractivity contribution >= 4 is 18.4 Å². The van der Waals surface area contributed by atoms with Gasteiger partial charge in [0.2, 0.25) is 10.5 Å². The molecule has 0 aliphatic heterocycles. The van der Waals surface area contributed by atoms with Crippen molar-refractivity contribution in [2.45, 2.75) is 0 Å². The molecule has 0 unspecified atom stereocenters. The Morgan fingerprint density at radius 3 is 2.40 bits per heavy atom. The molecule has 1 heterocycles. The highest BCUT2D eigenvalue weighted by atomic mass is 32.1. The van der Waals surface area contributed by atoms with E-state index in [4.69, 9.17) is 21.7 Å². The van der Waals surface area contributed by atoms with E-state index in [1.165, 1.54) is 18.9 Å². The fourth-order valence-corrected chi connectivity index (χ4v) is 2.46. The van der Waals surface area contributed by atoms with Crippen LogP contribution in [0.3, 0.4) is 0 Å². The number of rotatable bonds is 5. The molecular formula is C17H16N4O3S. The van der Waals surface area contributed by atoms with E-state index in [0.29, 0.717) is 27.7 Å². The fourth-order valence-electron chi connectivity index (χ4n) is 2.29. The highest BCUT2D eigenvalue weighted by Gasteiger charge is 2.11. The Bertz CT molecular complexity index is 939. The van der Waals surface area contributed by atoms with Crippen LogP contribution in [0.5, 0.6) is 17.2 Å². The summed E-state index contributed by atoms with van der Waals surface area (Å²) in [4.78, 5) is 0. The topological polar surface area (TPSA) is 84.7 Å². The number of nitrogens with one attached hydrogen (secondary N) is 1. The van der Waals surface area contributed by atoms with Gasteiger partial charge in [0.05, 0.1) is 20.4 Å². The summed E-state index contributed by atoms with van der Waals surface area (Å²) < 4.78 is 12.2. The van der Waals surface area contributed by atoms with Crippen molar-refractivity contribution in [2.24, 2.45) is 5.10 Å². The van der Waals surface area contributed by atoms with Crippen LogP contribution in [0.1, 0.15) is 5.56 Å². The maximum Gasteiger partial charge on any atom is 0.216 e. The number of aromatic nitrogens is 3. The first-order valence-corrected chi connectivity index (χ1v) is 7.77. The minimum Gasteiger partial charge on any atom is -0.502 e. The van der Waals surface area contributed by atoms with Crippen LogP contribution in [0.25, 0.3) is 11.4 Å². The second-order valence-electron chi connectivity index (χ2n) is 5.05. The van der Waals surface area contributed by atoms with Gasteiger partial charge in [0.15, 0.2) is 17.3 Å². The molecule has 2 N–H and O–H groups in total. The van der Waals surface area contributed by atoms with Crippen molar-refractivity contribution in [1.82, 2.24) is 14.9 Å². The lowest BCUT2D eigenvalue weighted by atomic mass is 10.2. The SMILES string of the molecule is COc1cc(/C=N\n2c(-c3ccccc3)n[nH]c2=S)cc(OC)c1O. The van der Waals surface area contributed by atoms with E-state index >= 15 is 0 Å². The standard InChI is InChI=1S/C17H16N4O3S/c1-23-13-8-11(9-14(24-2)15(13)22)10-18-21-16(19-20-17(21)25)12-6-4-3-5-7-12/h3-10,22H,1-2H3,(H,20,25)/b18-10-. The Morgan fingerprint density at radius 1 is 1.16 bits per heavy atom. The van der Waals surface area contributed by atoms with Crippen molar-refractivity contribution in [3.05, 3.63) is 52.8 Å². The summed E-state index contributed by atoms with van der Waals surface area (Å²) in [6.07, 6.45) is 1.59. The molecule has 0 spiro atoms. The Hall–Kier alpha value is -3.13. The Kier molecular flexibility index (Phi) is 4.80. The van der Waals surface area contributed by atoms with E-state index in [9.17, 15) is 5.11 Å². The molecule has 3 aromatic rings. The predicted octanol–water partition coefficient (Wildman–Crippen LogP) is 3.21. The maximum atomic E-state index is 9.97. The van der Waals surface area contributed by atoms with Gasteiger partial charge >= 0.3 is 0 Å². The average Bonchev–Trinajstić information content (AvgIpc) is 3.02. The smallest absolute Gasteiger partial charge is 0.216 e. The first-order valence-electron chi connectivity index (χ1n) is 7.36. The zero-order chi connectivity index (χ0) is 17.8. The molecule has 0 radical (unpaired) electrons. The third kappa shape index (κ3) is 3.38. The Balaban J connectivity index is 2.01. The molecule has 0 atom stereocenters. The molecule has 0 saturated carbocycles. The number of ether oxygens (including phenoxy) is 2. The predicted molar refractivity (Wildman–Crippen MR) is 97.1 cm³/mol. The minimum absolute atomic E-state index is 0.0629. The molecule has 3 rings (SSSR count). The van der Waals surface area contributed by atoms with Gasteiger partial charge in [0.25, 0.3) is 0 Å². The summed E-state index contributed by atoms with van der Waals surface area (Å²) >= 11 is 5.25. The first-order chi connectivity index (χ1) is 12.1. The Labute approximate surface area is 149 Å². The van der Waals surface area contributed by atoms with Crippen LogP contribution >= 0.6 is 12.2 Å². The molecule has 0 fully saturated rings. The summed E-state index contributed by atoms with van der Waals surface area (Å²) in [5, 5.41) is 21.3. The van der Waals surface area contributed by atoms with Gasteiger partial charge in [0.1, 0.15) is 0 Å². The minimum atomic E-state index is -0.0629. The molecule has 128 valence electrons. The quantitative estimate of drug-likeness (QED) is 0.542. The molecule has 0 amide bonds. The second kappa shape index (κ2) is 7.18. The summed E-state index contributed by atoms with van der Waals surface area (Å²) in [6, 6.07) is 12.9. The third-order valence-corrected chi connectivity index (χ3v) is 3.77. The number of aromatic amines is 1. The highest BCUT2D eigenvalue weighted by Crippen LogP contribution is 2.36. The van der Waals surface area contributed by atoms with Gasteiger partial charge < -0.3 is 14.6 Å². The van der Waals surface area contributed by atoms with Crippen LogP contribution in [0.4, 0.5) is 0 Å². The maximum absolute atomic E-state index is 9.97.